The van der Waals surface area contributed by atoms with E-state index in [1.54, 1.807) is 0 Å². The Morgan fingerprint density at radius 1 is 1.33 bits per heavy atom. The first-order chi connectivity index (χ1) is 5.70. The van der Waals surface area contributed by atoms with E-state index in [1.165, 1.54) is 0 Å². The highest BCUT2D eigenvalue weighted by Gasteiger charge is 2.16. The third-order valence-electron chi connectivity index (χ3n) is 2.04. The van der Waals surface area contributed by atoms with Gasteiger partial charge in [0.2, 0.25) is 0 Å². The molecule has 0 radical (unpaired) electrons. The molecule has 2 atom stereocenters. The van der Waals surface area contributed by atoms with Gasteiger partial charge < -0.3 is 4.90 Å². The lowest BCUT2D eigenvalue weighted by atomic mass is 10.3. The molecule has 0 aliphatic carbocycles. The molecule has 0 aromatic heterocycles. The Morgan fingerprint density at radius 3 is 2.50 bits per heavy atom. The van der Waals surface area contributed by atoms with Crippen molar-refractivity contribution in [1.29, 1.82) is 0 Å². The summed E-state index contributed by atoms with van der Waals surface area (Å²) in [5.41, 5.74) is 0. The van der Waals surface area contributed by atoms with Crippen molar-refractivity contribution >= 4 is 10.8 Å². The minimum absolute atomic E-state index is 0.407. The molecule has 74 valence electrons. The molecule has 0 N–H and O–H groups in total. The topological polar surface area (TPSA) is 20.3 Å². The van der Waals surface area contributed by atoms with Gasteiger partial charge in [-0.2, -0.15) is 0 Å². The average Bonchev–Trinajstić information content (AvgIpc) is 2.24. The van der Waals surface area contributed by atoms with Gasteiger partial charge in [0.1, 0.15) is 0 Å². The predicted molar refractivity (Wildman–Crippen MR) is 55.9 cm³/mol. The van der Waals surface area contributed by atoms with E-state index in [-0.39, 0.29) is 0 Å². The van der Waals surface area contributed by atoms with Gasteiger partial charge in [-0.05, 0) is 20.0 Å². The summed E-state index contributed by atoms with van der Waals surface area (Å²) < 4.78 is 11.2. The summed E-state index contributed by atoms with van der Waals surface area (Å²) in [6, 6.07) is 0. The van der Waals surface area contributed by atoms with Gasteiger partial charge >= 0.3 is 0 Å². The lowest BCUT2D eigenvalue weighted by Gasteiger charge is -2.10. The van der Waals surface area contributed by atoms with E-state index < -0.39 is 10.8 Å². The Hall–Kier alpha value is 0.110. The number of hydrogen-bond acceptors (Lipinski definition) is 2. The quantitative estimate of drug-likeness (QED) is 0.578. The number of rotatable bonds is 0. The van der Waals surface area contributed by atoms with Crippen LogP contribution < -0.4 is 0 Å². The standard InChI is InChI=1S/C7H15NOS.C2H6/c1-7-3-4-8(2)5-6-10(7)9;1-2/h7H,3-6H2,1-2H3;1-2H3. The molecule has 0 bridgehead atoms. The normalized spacial score (nSPS) is 31.7. The largest absolute Gasteiger partial charge is 0.305 e. The molecular weight excluding hydrogens is 170 g/mol. The Kier molecular flexibility index (Phi) is 6.67. The number of hydrogen-bond donors (Lipinski definition) is 0. The summed E-state index contributed by atoms with van der Waals surface area (Å²) in [7, 11) is 1.53. The zero-order valence-electron chi connectivity index (χ0n) is 8.67. The van der Waals surface area contributed by atoms with E-state index in [0.29, 0.717) is 5.25 Å². The Bertz CT molecular complexity index is 138. The van der Waals surface area contributed by atoms with Crippen LogP contribution >= 0.6 is 0 Å². The van der Waals surface area contributed by atoms with Crippen LogP contribution in [0.5, 0.6) is 0 Å². The lowest BCUT2D eigenvalue weighted by molar-refractivity contribution is 0.356. The third-order valence-corrected chi connectivity index (χ3v) is 3.76. The van der Waals surface area contributed by atoms with Crippen LogP contribution in [-0.2, 0) is 10.8 Å². The molecule has 0 saturated carbocycles. The first kappa shape index (κ1) is 12.1. The minimum atomic E-state index is -0.565. The van der Waals surface area contributed by atoms with Gasteiger partial charge in [0.15, 0.2) is 0 Å². The van der Waals surface area contributed by atoms with Crippen LogP contribution in [0.1, 0.15) is 27.2 Å². The molecule has 1 aliphatic heterocycles. The highest BCUT2D eigenvalue weighted by atomic mass is 32.2. The molecule has 1 rings (SSSR count). The summed E-state index contributed by atoms with van der Waals surface area (Å²) in [4.78, 5) is 2.25. The first-order valence-electron chi connectivity index (χ1n) is 4.76. The van der Waals surface area contributed by atoms with Crippen LogP contribution in [0.15, 0.2) is 0 Å². The van der Waals surface area contributed by atoms with Crippen molar-refractivity contribution in [3.63, 3.8) is 0 Å². The monoisotopic (exact) mass is 191 g/mol. The van der Waals surface area contributed by atoms with E-state index in [2.05, 4.69) is 18.9 Å². The molecular formula is C9H21NOS. The van der Waals surface area contributed by atoms with E-state index in [9.17, 15) is 4.21 Å². The predicted octanol–water partition coefficient (Wildman–Crippen LogP) is 1.49. The highest BCUT2D eigenvalue weighted by molar-refractivity contribution is 7.85. The van der Waals surface area contributed by atoms with Crippen molar-refractivity contribution in [3.8, 4) is 0 Å². The lowest BCUT2D eigenvalue weighted by Crippen LogP contribution is -2.20. The van der Waals surface area contributed by atoms with Crippen LogP contribution in [0, 0.1) is 0 Å². The summed E-state index contributed by atoms with van der Waals surface area (Å²) in [5.74, 6) is 0.859. The highest BCUT2D eigenvalue weighted by Crippen LogP contribution is 2.07. The van der Waals surface area contributed by atoms with Crippen LogP contribution in [-0.4, -0.2) is 40.2 Å². The van der Waals surface area contributed by atoms with Crippen molar-refractivity contribution in [2.24, 2.45) is 0 Å². The molecule has 0 aromatic carbocycles. The van der Waals surface area contributed by atoms with Crippen LogP contribution in [0.3, 0.4) is 0 Å². The second-order valence-corrected chi connectivity index (χ2v) is 4.96. The van der Waals surface area contributed by atoms with Gasteiger partial charge in [-0.25, -0.2) is 0 Å². The zero-order chi connectivity index (χ0) is 9.56. The van der Waals surface area contributed by atoms with Gasteiger partial charge in [-0.3, -0.25) is 4.21 Å². The molecule has 0 amide bonds. The van der Waals surface area contributed by atoms with E-state index in [4.69, 9.17) is 0 Å². The summed E-state index contributed by atoms with van der Waals surface area (Å²) in [6.45, 7) is 8.18. The molecule has 1 fully saturated rings. The summed E-state index contributed by atoms with van der Waals surface area (Å²) in [5, 5.41) is 0.407. The van der Waals surface area contributed by atoms with E-state index in [1.807, 2.05) is 13.8 Å². The molecule has 2 nitrogen and oxygen atoms in total. The summed E-state index contributed by atoms with van der Waals surface area (Å²) >= 11 is 0. The van der Waals surface area contributed by atoms with Crippen molar-refractivity contribution in [2.75, 3.05) is 25.9 Å². The summed E-state index contributed by atoms with van der Waals surface area (Å²) in [6.07, 6.45) is 1.09. The van der Waals surface area contributed by atoms with Crippen LogP contribution in [0.25, 0.3) is 0 Å². The zero-order valence-corrected chi connectivity index (χ0v) is 9.49. The Labute approximate surface area is 78.8 Å². The fourth-order valence-corrected chi connectivity index (χ4v) is 2.35. The SMILES string of the molecule is CC.CC1CCN(C)CCS1=O. The maximum absolute atomic E-state index is 11.2. The Balaban J connectivity index is 0.000000561. The molecule has 1 heterocycles. The van der Waals surface area contributed by atoms with E-state index >= 15 is 0 Å². The fraction of sp³-hybridized carbons (Fsp3) is 1.00. The number of nitrogens with zero attached hydrogens (tertiary/aromatic N) is 1. The maximum atomic E-state index is 11.2. The van der Waals surface area contributed by atoms with Crippen molar-refractivity contribution in [2.45, 2.75) is 32.4 Å². The smallest absolute Gasteiger partial charge is 0.0365 e. The second-order valence-electron chi connectivity index (χ2n) is 2.99. The molecule has 0 spiro atoms. The van der Waals surface area contributed by atoms with E-state index in [0.717, 1.165) is 25.3 Å². The molecule has 12 heavy (non-hydrogen) atoms. The van der Waals surface area contributed by atoms with Gasteiger partial charge in [0.05, 0.1) is 0 Å². The Morgan fingerprint density at radius 2 is 1.92 bits per heavy atom. The molecule has 2 unspecified atom stereocenters. The van der Waals surface area contributed by atoms with Gasteiger partial charge in [0.25, 0.3) is 0 Å². The second kappa shape index (κ2) is 6.61. The molecule has 3 heteroatoms. The van der Waals surface area contributed by atoms with Crippen molar-refractivity contribution < 1.29 is 4.21 Å². The third kappa shape index (κ3) is 4.21. The van der Waals surface area contributed by atoms with Crippen LogP contribution in [0.4, 0.5) is 0 Å². The van der Waals surface area contributed by atoms with Crippen molar-refractivity contribution in [3.05, 3.63) is 0 Å². The fourth-order valence-electron chi connectivity index (χ4n) is 1.09. The van der Waals surface area contributed by atoms with Crippen LogP contribution in [0.2, 0.25) is 0 Å². The molecule has 0 aromatic rings. The van der Waals surface area contributed by atoms with Gasteiger partial charge in [-0.15, -0.1) is 0 Å². The van der Waals surface area contributed by atoms with Crippen molar-refractivity contribution in [1.82, 2.24) is 4.90 Å². The molecule has 1 aliphatic rings. The van der Waals surface area contributed by atoms with Gasteiger partial charge in [0, 0.05) is 28.3 Å². The molecule has 1 saturated heterocycles. The minimum Gasteiger partial charge on any atom is -0.305 e. The van der Waals surface area contributed by atoms with Gasteiger partial charge in [-0.1, -0.05) is 20.8 Å². The average molecular weight is 191 g/mol. The first-order valence-corrected chi connectivity index (χ1v) is 6.14. The maximum Gasteiger partial charge on any atom is 0.0365 e.